The highest BCUT2D eigenvalue weighted by Gasteiger charge is 2.22. The minimum Gasteiger partial charge on any atom is -0.309 e. The molecule has 1 heterocycles. The maximum absolute atomic E-state index is 14.2. The molecule has 1 fully saturated rings. The third kappa shape index (κ3) is 3.44. The summed E-state index contributed by atoms with van der Waals surface area (Å²) >= 11 is 7.44. The van der Waals surface area contributed by atoms with Crippen LogP contribution in [-0.2, 0) is 13.0 Å². The molecule has 0 saturated heterocycles. The zero-order valence-corrected chi connectivity index (χ0v) is 13.5. The Hall–Kier alpha value is -0.970. The molecule has 21 heavy (non-hydrogen) atoms. The number of nitrogens with one attached hydrogen (secondary N) is 1. The number of aromatic nitrogens is 1. The third-order valence-electron chi connectivity index (χ3n) is 3.58. The minimum atomic E-state index is -0.377. The first kappa shape index (κ1) is 14.9. The largest absolute Gasteiger partial charge is 0.309 e. The SMILES string of the molecule is CCCc1nc(-c2cccc(Cl)c2F)sc1CNC1CC1. The van der Waals surface area contributed by atoms with Crippen LogP contribution in [0.2, 0.25) is 5.02 Å². The molecule has 0 amide bonds. The standard InChI is InChI=1S/C16H18ClFN2S/c1-2-4-13-14(9-19-10-7-8-10)21-16(20-13)11-5-3-6-12(17)15(11)18/h3,5-6,10,19H,2,4,7-9H2,1H3. The maximum atomic E-state index is 14.2. The van der Waals surface area contributed by atoms with Crippen LogP contribution in [0.3, 0.4) is 0 Å². The van der Waals surface area contributed by atoms with Crippen molar-refractivity contribution in [2.75, 3.05) is 0 Å². The summed E-state index contributed by atoms with van der Waals surface area (Å²) < 4.78 is 14.2. The van der Waals surface area contributed by atoms with Gasteiger partial charge in [-0.1, -0.05) is 31.0 Å². The van der Waals surface area contributed by atoms with Crippen molar-refractivity contribution in [1.29, 1.82) is 0 Å². The number of rotatable bonds is 6. The van der Waals surface area contributed by atoms with Gasteiger partial charge in [0.15, 0.2) is 5.82 Å². The zero-order chi connectivity index (χ0) is 14.8. The van der Waals surface area contributed by atoms with E-state index in [4.69, 9.17) is 11.6 Å². The molecule has 0 radical (unpaired) electrons. The molecular weight excluding hydrogens is 307 g/mol. The third-order valence-corrected chi connectivity index (χ3v) is 5.00. The van der Waals surface area contributed by atoms with Gasteiger partial charge in [0, 0.05) is 23.0 Å². The Labute approximate surface area is 133 Å². The number of thiazole rings is 1. The second kappa shape index (κ2) is 6.42. The quantitative estimate of drug-likeness (QED) is 0.825. The van der Waals surface area contributed by atoms with Gasteiger partial charge in [-0.25, -0.2) is 9.37 Å². The molecule has 0 unspecified atom stereocenters. The Morgan fingerprint density at radius 1 is 1.43 bits per heavy atom. The molecule has 2 nitrogen and oxygen atoms in total. The Morgan fingerprint density at radius 3 is 2.95 bits per heavy atom. The number of aryl methyl sites for hydroxylation is 1. The maximum Gasteiger partial charge on any atom is 0.152 e. The molecule has 1 aliphatic carbocycles. The normalized spacial score (nSPS) is 14.6. The molecule has 0 aliphatic heterocycles. The molecule has 0 spiro atoms. The van der Waals surface area contributed by atoms with Crippen molar-refractivity contribution in [1.82, 2.24) is 10.3 Å². The summed E-state index contributed by atoms with van der Waals surface area (Å²) in [7, 11) is 0. The minimum absolute atomic E-state index is 0.150. The second-order valence-corrected chi connectivity index (χ2v) is 6.89. The first-order valence-electron chi connectivity index (χ1n) is 7.35. The van der Waals surface area contributed by atoms with Gasteiger partial charge in [0.25, 0.3) is 0 Å². The van der Waals surface area contributed by atoms with Crippen LogP contribution >= 0.6 is 22.9 Å². The Morgan fingerprint density at radius 2 is 2.24 bits per heavy atom. The van der Waals surface area contributed by atoms with Crippen molar-refractivity contribution in [3.63, 3.8) is 0 Å². The van der Waals surface area contributed by atoms with Crippen LogP contribution in [0.15, 0.2) is 18.2 Å². The fourth-order valence-corrected chi connectivity index (χ4v) is 3.51. The van der Waals surface area contributed by atoms with Crippen molar-refractivity contribution in [2.45, 2.75) is 45.2 Å². The summed E-state index contributed by atoms with van der Waals surface area (Å²) in [6.07, 6.45) is 4.49. The Bertz CT molecular complexity index is 637. The van der Waals surface area contributed by atoms with E-state index in [2.05, 4.69) is 17.2 Å². The van der Waals surface area contributed by atoms with Crippen molar-refractivity contribution < 1.29 is 4.39 Å². The van der Waals surface area contributed by atoms with E-state index in [1.807, 2.05) is 0 Å². The molecule has 3 rings (SSSR count). The number of halogens is 2. The molecule has 0 atom stereocenters. The molecule has 112 valence electrons. The summed E-state index contributed by atoms with van der Waals surface area (Å²) in [6, 6.07) is 5.74. The second-order valence-electron chi connectivity index (χ2n) is 5.40. The summed E-state index contributed by atoms with van der Waals surface area (Å²) in [6.45, 7) is 2.97. The van der Waals surface area contributed by atoms with Gasteiger partial charge in [0.2, 0.25) is 0 Å². The first-order valence-corrected chi connectivity index (χ1v) is 8.54. The van der Waals surface area contributed by atoms with Gasteiger partial charge in [0.05, 0.1) is 10.7 Å². The van der Waals surface area contributed by atoms with Crippen LogP contribution in [0.4, 0.5) is 4.39 Å². The van der Waals surface area contributed by atoms with Crippen LogP contribution in [-0.4, -0.2) is 11.0 Å². The topological polar surface area (TPSA) is 24.9 Å². The molecule has 1 aromatic carbocycles. The Balaban J connectivity index is 1.90. The zero-order valence-electron chi connectivity index (χ0n) is 12.0. The number of hydrogen-bond donors (Lipinski definition) is 1. The number of hydrogen-bond acceptors (Lipinski definition) is 3. The molecule has 0 bridgehead atoms. The lowest BCUT2D eigenvalue weighted by atomic mass is 10.2. The van der Waals surface area contributed by atoms with E-state index in [0.29, 0.717) is 11.6 Å². The van der Waals surface area contributed by atoms with Crippen LogP contribution in [0, 0.1) is 5.82 Å². The van der Waals surface area contributed by atoms with Gasteiger partial charge in [0.1, 0.15) is 5.01 Å². The molecule has 1 saturated carbocycles. The lowest BCUT2D eigenvalue weighted by Gasteiger charge is -2.01. The fraction of sp³-hybridized carbons (Fsp3) is 0.438. The average molecular weight is 325 g/mol. The van der Waals surface area contributed by atoms with Crippen LogP contribution in [0.25, 0.3) is 10.6 Å². The lowest BCUT2D eigenvalue weighted by Crippen LogP contribution is -2.15. The van der Waals surface area contributed by atoms with Crippen LogP contribution < -0.4 is 5.32 Å². The molecule has 5 heteroatoms. The van der Waals surface area contributed by atoms with Crippen molar-refractivity contribution in [3.05, 3.63) is 39.6 Å². The highest BCUT2D eigenvalue weighted by Crippen LogP contribution is 2.33. The number of nitrogens with zero attached hydrogens (tertiary/aromatic N) is 1. The van der Waals surface area contributed by atoms with Crippen LogP contribution in [0.5, 0.6) is 0 Å². The first-order chi connectivity index (χ1) is 10.2. The van der Waals surface area contributed by atoms with E-state index in [0.717, 1.165) is 30.1 Å². The highest BCUT2D eigenvalue weighted by molar-refractivity contribution is 7.15. The lowest BCUT2D eigenvalue weighted by molar-refractivity contribution is 0.631. The highest BCUT2D eigenvalue weighted by atomic mass is 35.5. The van der Waals surface area contributed by atoms with Crippen LogP contribution in [0.1, 0.15) is 36.8 Å². The van der Waals surface area contributed by atoms with Gasteiger partial charge in [-0.3, -0.25) is 0 Å². The van der Waals surface area contributed by atoms with Gasteiger partial charge in [-0.2, -0.15) is 0 Å². The summed E-state index contributed by atoms with van der Waals surface area (Å²) in [5.74, 6) is -0.377. The number of benzene rings is 1. The van der Waals surface area contributed by atoms with E-state index in [9.17, 15) is 4.39 Å². The van der Waals surface area contributed by atoms with Gasteiger partial charge >= 0.3 is 0 Å². The van der Waals surface area contributed by atoms with Crippen molar-refractivity contribution >= 4 is 22.9 Å². The summed E-state index contributed by atoms with van der Waals surface area (Å²) in [4.78, 5) is 5.87. The molecule has 1 aliphatic rings. The van der Waals surface area contributed by atoms with Gasteiger partial charge in [-0.15, -0.1) is 11.3 Å². The fourth-order valence-electron chi connectivity index (χ4n) is 2.26. The predicted molar refractivity (Wildman–Crippen MR) is 86.4 cm³/mol. The average Bonchev–Trinajstić information content (AvgIpc) is 3.22. The molecule has 1 N–H and O–H groups in total. The van der Waals surface area contributed by atoms with E-state index in [-0.39, 0.29) is 10.8 Å². The summed E-state index contributed by atoms with van der Waals surface area (Å²) in [5.41, 5.74) is 1.59. The predicted octanol–water partition coefficient (Wildman–Crippen LogP) is 4.81. The van der Waals surface area contributed by atoms with Crippen molar-refractivity contribution in [3.8, 4) is 10.6 Å². The van der Waals surface area contributed by atoms with E-state index >= 15 is 0 Å². The van der Waals surface area contributed by atoms with Gasteiger partial charge in [-0.05, 0) is 31.4 Å². The van der Waals surface area contributed by atoms with Crippen molar-refractivity contribution in [2.24, 2.45) is 0 Å². The summed E-state index contributed by atoms with van der Waals surface area (Å²) in [5, 5.41) is 4.39. The van der Waals surface area contributed by atoms with E-state index < -0.39 is 0 Å². The smallest absolute Gasteiger partial charge is 0.152 e. The molecule has 2 aromatic rings. The molecule has 1 aromatic heterocycles. The van der Waals surface area contributed by atoms with Gasteiger partial charge < -0.3 is 5.32 Å². The van der Waals surface area contributed by atoms with E-state index in [1.54, 1.807) is 29.5 Å². The molecular formula is C16H18ClFN2S. The Kier molecular flexibility index (Phi) is 4.57. The monoisotopic (exact) mass is 324 g/mol. The van der Waals surface area contributed by atoms with E-state index in [1.165, 1.54) is 17.7 Å².